The molecule has 0 spiro atoms. The molecule has 0 bridgehead atoms. The second-order valence-electron chi connectivity index (χ2n) is 3.57. The van der Waals surface area contributed by atoms with Gasteiger partial charge < -0.3 is 14.9 Å². The number of nitrogen functional groups attached to an aromatic ring is 1. The van der Waals surface area contributed by atoms with Gasteiger partial charge >= 0.3 is 0 Å². The molecule has 0 unspecified atom stereocenters. The maximum absolute atomic E-state index is 5.61. The molecule has 0 amide bonds. The van der Waals surface area contributed by atoms with E-state index in [9.17, 15) is 0 Å². The largest absolute Gasteiger partial charge is 0.439 e. The minimum atomic E-state index is 0.424. The lowest BCUT2D eigenvalue weighted by Crippen LogP contribution is -2.08. The van der Waals surface area contributed by atoms with Crippen LogP contribution < -0.4 is 16.0 Å². The van der Waals surface area contributed by atoms with E-state index < -0.39 is 0 Å². The molecule has 0 aliphatic carbocycles. The predicted octanol–water partition coefficient (Wildman–Crippen LogP) is 1.70. The fourth-order valence-corrected chi connectivity index (χ4v) is 1.46. The monoisotopic (exact) mass is 246 g/mol. The zero-order valence-electron chi connectivity index (χ0n) is 9.96. The number of ether oxygens (including phenoxy) is 2. The quantitative estimate of drug-likeness (QED) is 0.617. The van der Waals surface area contributed by atoms with Crippen LogP contribution in [-0.4, -0.2) is 17.1 Å². The van der Waals surface area contributed by atoms with Crippen LogP contribution in [0.2, 0.25) is 0 Å². The molecule has 0 saturated heterocycles. The van der Waals surface area contributed by atoms with Gasteiger partial charge in [0.15, 0.2) is 0 Å². The van der Waals surface area contributed by atoms with E-state index in [0.717, 1.165) is 5.56 Å². The summed E-state index contributed by atoms with van der Waals surface area (Å²) in [6, 6.07) is 9.21. The summed E-state index contributed by atoms with van der Waals surface area (Å²) in [5.74, 6) is 6.87. The Morgan fingerprint density at radius 1 is 1.28 bits per heavy atom. The molecule has 0 radical (unpaired) electrons. The third-order valence-electron chi connectivity index (χ3n) is 2.22. The van der Waals surface area contributed by atoms with Gasteiger partial charge in [-0.15, -0.1) is 0 Å². The number of hydrogen-bond donors (Lipinski definition) is 2. The van der Waals surface area contributed by atoms with E-state index in [1.54, 1.807) is 13.2 Å². The zero-order valence-corrected chi connectivity index (χ0v) is 9.96. The summed E-state index contributed by atoms with van der Waals surface area (Å²) in [6.07, 6.45) is 1.38. The van der Waals surface area contributed by atoms with E-state index >= 15 is 0 Å². The molecule has 1 aromatic heterocycles. The van der Waals surface area contributed by atoms with Gasteiger partial charge in [-0.25, -0.2) is 15.8 Å². The van der Waals surface area contributed by atoms with Gasteiger partial charge in [-0.1, -0.05) is 12.1 Å². The van der Waals surface area contributed by atoms with Gasteiger partial charge in [0.05, 0.1) is 6.61 Å². The Hall–Kier alpha value is -2.18. The average Bonchev–Trinajstić information content (AvgIpc) is 2.40. The van der Waals surface area contributed by atoms with Gasteiger partial charge in [0.2, 0.25) is 5.88 Å². The molecule has 1 aromatic carbocycles. The molecule has 0 aliphatic rings. The maximum atomic E-state index is 5.61. The first-order valence-electron chi connectivity index (χ1n) is 5.36. The lowest BCUT2D eigenvalue weighted by atomic mass is 10.2. The minimum absolute atomic E-state index is 0.424. The molecular weight excluding hydrogens is 232 g/mol. The van der Waals surface area contributed by atoms with Crippen molar-refractivity contribution in [2.75, 3.05) is 12.5 Å². The van der Waals surface area contributed by atoms with E-state index in [0.29, 0.717) is 24.1 Å². The van der Waals surface area contributed by atoms with E-state index in [1.165, 1.54) is 6.33 Å². The molecular formula is C12H14N4O2. The zero-order chi connectivity index (χ0) is 12.8. The van der Waals surface area contributed by atoms with Gasteiger partial charge in [0, 0.05) is 13.2 Å². The first-order valence-corrected chi connectivity index (χ1v) is 5.36. The number of nitrogens with two attached hydrogens (primary N) is 1. The molecule has 1 heterocycles. The summed E-state index contributed by atoms with van der Waals surface area (Å²) in [7, 11) is 1.65. The van der Waals surface area contributed by atoms with Gasteiger partial charge in [-0.05, 0) is 17.7 Å². The number of nitrogens with zero attached hydrogens (tertiary/aromatic N) is 2. The minimum Gasteiger partial charge on any atom is -0.439 e. The molecule has 2 aromatic rings. The molecule has 3 N–H and O–H groups in total. The second-order valence-corrected chi connectivity index (χ2v) is 3.57. The van der Waals surface area contributed by atoms with Gasteiger partial charge in [-0.3, -0.25) is 0 Å². The van der Waals surface area contributed by atoms with Crippen LogP contribution in [0.25, 0.3) is 0 Å². The van der Waals surface area contributed by atoms with Gasteiger partial charge in [0.1, 0.15) is 17.9 Å². The number of rotatable bonds is 5. The van der Waals surface area contributed by atoms with E-state index in [4.69, 9.17) is 15.3 Å². The molecule has 0 saturated carbocycles. The van der Waals surface area contributed by atoms with Crippen molar-refractivity contribution in [1.82, 2.24) is 9.97 Å². The highest BCUT2D eigenvalue weighted by Gasteiger charge is 2.02. The van der Waals surface area contributed by atoms with Crippen LogP contribution in [0, 0.1) is 0 Å². The van der Waals surface area contributed by atoms with Crippen molar-refractivity contribution in [3.05, 3.63) is 42.2 Å². The Labute approximate surface area is 105 Å². The van der Waals surface area contributed by atoms with Crippen molar-refractivity contribution in [3.8, 4) is 11.6 Å². The molecule has 6 heteroatoms. The topological polar surface area (TPSA) is 82.3 Å². The average molecular weight is 246 g/mol. The first-order chi connectivity index (χ1) is 8.81. The third-order valence-corrected chi connectivity index (χ3v) is 2.22. The van der Waals surface area contributed by atoms with Gasteiger partial charge in [-0.2, -0.15) is 0 Å². The van der Waals surface area contributed by atoms with Crippen LogP contribution in [0.1, 0.15) is 5.56 Å². The smallest absolute Gasteiger partial charge is 0.224 e. The van der Waals surface area contributed by atoms with Crippen LogP contribution in [0.15, 0.2) is 36.7 Å². The number of hydrazine groups is 1. The van der Waals surface area contributed by atoms with Crippen molar-refractivity contribution in [1.29, 1.82) is 0 Å². The molecule has 0 atom stereocenters. The van der Waals surface area contributed by atoms with Gasteiger partial charge in [0.25, 0.3) is 0 Å². The Kier molecular flexibility index (Phi) is 4.06. The van der Waals surface area contributed by atoms with Crippen molar-refractivity contribution >= 4 is 5.82 Å². The van der Waals surface area contributed by atoms with Crippen molar-refractivity contribution < 1.29 is 9.47 Å². The molecule has 0 aliphatic heterocycles. The number of aromatic nitrogens is 2. The van der Waals surface area contributed by atoms with Crippen molar-refractivity contribution in [2.45, 2.75) is 6.61 Å². The molecule has 18 heavy (non-hydrogen) atoms. The molecule has 94 valence electrons. The fourth-order valence-electron chi connectivity index (χ4n) is 1.46. The number of benzene rings is 1. The molecule has 2 rings (SSSR count). The highest BCUT2D eigenvalue weighted by Crippen LogP contribution is 2.21. The lowest BCUT2D eigenvalue weighted by molar-refractivity contribution is 0.184. The van der Waals surface area contributed by atoms with E-state index in [1.807, 2.05) is 24.3 Å². The fraction of sp³-hybridized carbons (Fsp3) is 0.167. The van der Waals surface area contributed by atoms with E-state index in [2.05, 4.69) is 15.4 Å². The summed E-state index contributed by atoms with van der Waals surface area (Å²) >= 11 is 0. The normalized spacial score (nSPS) is 10.1. The summed E-state index contributed by atoms with van der Waals surface area (Å²) in [4.78, 5) is 7.90. The Morgan fingerprint density at radius 3 is 2.94 bits per heavy atom. The third kappa shape index (κ3) is 3.16. The summed E-state index contributed by atoms with van der Waals surface area (Å²) in [5, 5.41) is 0. The van der Waals surface area contributed by atoms with Crippen LogP contribution in [0.5, 0.6) is 11.6 Å². The van der Waals surface area contributed by atoms with Crippen molar-refractivity contribution in [3.63, 3.8) is 0 Å². The Morgan fingerprint density at radius 2 is 2.17 bits per heavy atom. The van der Waals surface area contributed by atoms with Crippen LogP contribution >= 0.6 is 0 Å². The Bertz CT molecular complexity index is 519. The highest BCUT2D eigenvalue weighted by atomic mass is 16.5. The lowest BCUT2D eigenvalue weighted by Gasteiger charge is -2.07. The number of nitrogens with one attached hydrogen (secondary N) is 1. The number of hydrogen-bond acceptors (Lipinski definition) is 6. The van der Waals surface area contributed by atoms with Crippen molar-refractivity contribution in [2.24, 2.45) is 5.84 Å². The van der Waals surface area contributed by atoms with Crippen LogP contribution in [0.4, 0.5) is 5.82 Å². The summed E-state index contributed by atoms with van der Waals surface area (Å²) in [6.45, 7) is 0.538. The first kappa shape index (κ1) is 12.3. The highest BCUT2D eigenvalue weighted by molar-refractivity contribution is 5.38. The molecule has 6 nitrogen and oxygen atoms in total. The predicted molar refractivity (Wildman–Crippen MR) is 67.1 cm³/mol. The van der Waals surface area contributed by atoms with Crippen LogP contribution in [0.3, 0.4) is 0 Å². The maximum Gasteiger partial charge on any atom is 0.224 e. The van der Waals surface area contributed by atoms with E-state index in [-0.39, 0.29) is 0 Å². The summed E-state index contributed by atoms with van der Waals surface area (Å²) < 4.78 is 10.7. The second kappa shape index (κ2) is 5.95. The number of methoxy groups -OCH3 is 1. The SMILES string of the molecule is COCc1cccc(Oc2cc(NN)ncn2)c1. The standard InChI is InChI=1S/C12H14N4O2/c1-17-7-9-3-2-4-10(5-9)18-12-6-11(16-13)14-8-15-12/h2-6,8H,7,13H2,1H3,(H,14,15,16). The molecule has 0 fully saturated rings. The van der Waals surface area contributed by atoms with Crippen LogP contribution in [-0.2, 0) is 11.3 Å². The summed E-state index contributed by atoms with van der Waals surface area (Å²) in [5.41, 5.74) is 3.46. The Balaban J connectivity index is 2.14. The number of anilines is 1.